The summed E-state index contributed by atoms with van der Waals surface area (Å²) >= 11 is 1.34. The van der Waals surface area contributed by atoms with Crippen molar-refractivity contribution in [2.75, 3.05) is 29.4 Å². The second-order valence-electron chi connectivity index (χ2n) is 10.9. The van der Waals surface area contributed by atoms with Gasteiger partial charge in [-0.15, -0.1) is 0 Å². The normalized spacial score (nSPS) is 15.2. The Kier molecular flexibility index (Phi) is 7.34. The highest BCUT2D eigenvalue weighted by molar-refractivity contribution is 7.23. The summed E-state index contributed by atoms with van der Waals surface area (Å²) in [6.07, 6.45) is 5.98. The highest BCUT2D eigenvalue weighted by Gasteiger charge is 2.37. The number of aliphatic carboxylic acids is 1. The molecule has 0 atom stereocenters. The Morgan fingerprint density at radius 1 is 1.12 bits per heavy atom. The summed E-state index contributed by atoms with van der Waals surface area (Å²) in [5, 5.41) is 20.4. The second-order valence-corrected chi connectivity index (χ2v) is 11.9. The number of aliphatic hydroxyl groups is 1. The van der Waals surface area contributed by atoms with E-state index < -0.39 is 23.0 Å². The number of hydrogen-bond acceptors (Lipinski definition) is 10. The summed E-state index contributed by atoms with van der Waals surface area (Å²) in [5.41, 5.74) is 7.26. The summed E-state index contributed by atoms with van der Waals surface area (Å²) in [6, 6.07) is 5.09. The number of anilines is 2. The van der Waals surface area contributed by atoms with Crippen LogP contribution in [-0.2, 0) is 10.4 Å². The highest BCUT2D eigenvalue weighted by Crippen LogP contribution is 2.40. The lowest BCUT2D eigenvalue weighted by molar-refractivity contribution is -0.149. The van der Waals surface area contributed by atoms with Crippen LogP contribution in [0.25, 0.3) is 32.6 Å². The molecule has 214 valence electrons. The fraction of sp³-hybridized carbons (Fsp3) is 0.393. The third-order valence-corrected chi connectivity index (χ3v) is 8.54. The number of rotatable bonds is 7. The summed E-state index contributed by atoms with van der Waals surface area (Å²) in [4.78, 5) is 50.0. The van der Waals surface area contributed by atoms with E-state index in [9.17, 15) is 19.8 Å². The average molecular weight is 577 g/mol. The van der Waals surface area contributed by atoms with Gasteiger partial charge in [0.05, 0.1) is 21.3 Å². The van der Waals surface area contributed by atoms with Crippen LogP contribution in [-0.4, -0.2) is 66.8 Å². The predicted molar refractivity (Wildman–Crippen MR) is 157 cm³/mol. The van der Waals surface area contributed by atoms with Gasteiger partial charge in [0.15, 0.2) is 11.0 Å². The van der Waals surface area contributed by atoms with Gasteiger partial charge in [-0.2, -0.15) is 0 Å². The molecule has 1 fully saturated rings. The second kappa shape index (κ2) is 10.6. The van der Waals surface area contributed by atoms with Gasteiger partial charge in [-0.25, -0.2) is 29.7 Å². The van der Waals surface area contributed by atoms with Gasteiger partial charge < -0.3 is 20.8 Å². The molecule has 0 saturated carbocycles. The molecule has 0 radical (unpaired) electrons. The number of benzene rings is 1. The first-order valence-corrected chi connectivity index (χ1v) is 14.1. The van der Waals surface area contributed by atoms with Crippen molar-refractivity contribution in [1.29, 1.82) is 0 Å². The molecule has 0 aliphatic carbocycles. The van der Waals surface area contributed by atoms with Gasteiger partial charge in [0.2, 0.25) is 5.95 Å². The number of primary amides is 1. The van der Waals surface area contributed by atoms with Crippen LogP contribution < -0.4 is 15.5 Å². The van der Waals surface area contributed by atoms with Gasteiger partial charge in [-0.1, -0.05) is 11.3 Å². The quantitative estimate of drug-likeness (QED) is 0.292. The minimum Gasteiger partial charge on any atom is -0.481 e. The van der Waals surface area contributed by atoms with Crippen molar-refractivity contribution >= 4 is 44.6 Å². The SMILES string of the molecule is CCN(C(N)=O)c1nc2cc(-c3cnc(C(C)(C)O)nc3)cc(-c3ccnc(N4CCC(C)(C(=O)O)CC4)n3)c2s1. The van der Waals surface area contributed by atoms with Gasteiger partial charge in [-0.05, 0) is 64.3 Å². The monoisotopic (exact) mass is 576 g/mol. The predicted octanol–water partition coefficient (Wildman–Crippen LogP) is 4.03. The zero-order valence-electron chi connectivity index (χ0n) is 23.3. The number of carbonyl (C=O) groups is 2. The molecule has 4 heterocycles. The maximum absolute atomic E-state index is 12.1. The van der Waals surface area contributed by atoms with E-state index in [0.29, 0.717) is 60.6 Å². The van der Waals surface area contributed by atoms with E-state index in [1.165, 1.54) is 16.2 Å². The molecule has 1 aliphatic heterocycles. The third kappa shape index (κ3) is 5.55. The van der Waals surface area contributed by atoms with E-state index in [0.717, 1.165) is 21.4 Å². The zero-order valence-corrected chi connectivity index (χ0v) is 24.1. The van der Waals surface area contributed by atoms with Gasteiger partial charge in [-0.3, -0.25) is 9.69 Å². The molecule has 1 saturated heterocycles. The number of nitrogens with zero attached hydrogens (tertiary/aromatic N) is 7. The molecule has 12 nitrogen and oxygen atoms in total. The number of aromatic nitrogens is 5. The first-order valence-electron chi connectivity index (χ1n) is 13.3. The summed E-state index contributed by atoms with van der Waals surface area (Å²) in [6.45, 7) is 8.28. The topological polar surface area (TPSA) is 172 Å². The molecule has 0 unspecified atom stereocenters. The number of amides is 2. The number of thiazole rings is 1. The van der Waals surface area contributed by atoms with Crippen LogP contribution in [0, 0.1) is 5.41 Å². The van der Waals surface area contributed by atoms with E-state index in [4.69, 9.17) is 15.7 Å². The zero-order chi connectivity index (χ0) is 29.5. The molecular weight excluding hydrogens is 544 g/mol. The first kappa shape index (κ1) is 28.3. The summed E-state index contributed by atoms with van der Waals surface area (Å²) < 4.78 is 0.819. The van der Waals surface area contributed by atoms with Crippen LogP contribution in [0.1, 0.15) is 46.4 Å². The fourth-order valence-corrected chi connectivity index (χ4v) is 5.88. The summed E-state index contributed by atoms with van der Waals surface area (Å²) in [7, 11) is 0. The Hall–Kier alpha value is -4.23. The number of urea groups is 1. The molecule has 1 aromatic carbocycles. The van der Waals surface area contributed by atoms with Crippen molar-refractivity contribution in [2.45, 2.75) is 46.1 Å². The van der Waals surface area contributed by atoms with Crippen molar-refractivity contribution < 1.29 is 19.8 Å². The van der Waals surface area contributed by atoms with E-state index >= 15 is 0 Å². The Morgan fingerprint density at radius 3 is 2.39 bits per heavy atom. The van der Waals surface area contributed by atoms with Gasteiger partial charge in [0.1, 0.15) is 5.60 Å². The van der Waals surface area contributed by atoms with Gasteiger partial charge in [0.25, 0.3) is 0 Å². The number of carboxylic acid groups (broad SMARTS) is 1. The van der Waals surface area contributed by atoms with Crippen LogP contribution in [0.4, 0.5) is 15.9 Å². The summed E-state index contributed by atoms with van der Waals surface area (Å²) in [5.74, 6) is 0.0339. The Bertz CT molecular complexity index is 1610. The van der Waals surface area contributed by atoms with Crippen molar-refractivity contribution in [3.8, 4) is 22.4 Å². The number of carbonyl (C=O) groups excluding carboxylic acids is 1. The van der Waals surface area contributed by atoms with E-state index in [2.05, 4.69) is 15.0 Å². The first-order chi connectivity index (χ1) is 19.4. The standard InChI is InChI=1S/C28H32N8O4S/c1-5-36(24(29)39)26-34-20-13-16(17-14-31-22(32-15-17)27(2,3)40)12-18(21(20)41-26)19-6-9-30-25(33-19)35-10-7-28(4,8-11-35)23(37)38/h6,9,12-15,40H,5,7-8,10-11H2,1-4H3,(H2,29,39)(H,37,38). The Balaban J connectivity index is 1.60. The fourth-order valence-electron chi connectivity index (χ4n) is 4.74. The molecular formula is C28H32N8O4S. The maximum Gasteiger partial charge on any atom is 0.321 e. The molecule has 4 N–H and O–H groups in total. The molecule has 5 rings (SSSR count). The molecule has 13 heteroatoms. The van der Waals surface area contributed by atoms with Gasteiger partial charge in [0, 0.05) is 49.4 Å². The van der Waals surface area contributed by atoms with Crippen molar-refractivity contribution in [3.05, 3.63) is 42.6 Å². The van der Waals surface area contributed by atoms with Crippen molar-refractivity contribution in [3.63, 3.8) is 0 Å². The molecule has 0 bridgehead atoms. The minimum atomic E-state index is -1.18. The molecule has 1 aliphatic rings. The van der Waals surface area contributed by atoms with Crippen LogP contribution >= 0.6 is 11.3 Å². The molecule has 4 aromatic rings. The molecule has 41 heavy (non-hydrogen) atoms. The van der Waals surface area contributed by atoms with Crippen molar-refractivity contribution in [2.24, 2.45) is 11.1 Å². The molecule has 0 spiro atoms. The lowest BCUT2D eigenvalue weighted by Gasteiger charge is -2.36. The number of piperidine rings is 1. The lowest BCUT2D eigenvalue weighted by atomic mass is 9.80. The van der Waals surface area contributed by atoms with E-state index in [-0.39, 0.29) is 0 Å². The molecule has 3 aromatic heterocycles. The van der Waals surface area contributed by atoms with Crippen LogP contribution in [0.5, 0.6) is 0 Å². The number of carboxylic acids is 1. The van der Waals surface area contributed by atoms with Crippen LogP contribution in [0.15, 0.2) is 36.8 Å². The average Bonchev–Trinajstić information content (AvgIpc) is 3.36. The number of fused-ring (bicyclic) bond motifs is 1. The van der Waals surface area contributed by atoms with E-state index in [1.807, 2.05) is 30.0 Å². The highest BCUT2D eigenvalue weighted by atomic mass is 32.1. The van der Waals surface area contributed by atoms with Crippen LogP contribution in [0.3, 0.4) is 0 Å². The van der Waals surface area contributed by atoms with Gasteiger partial charge >= 0.3 is 12.0 Å². The Labute approximate surface area is 240 Å². The largest absolute Gasteiger partial charge is 0.481 e. The maximum atomic E-state index is 12.1. The minimum absolute atomic E-state index is 0.305. The third-order valence-electron chi connectivity index (χ3n) is 7.41. The molecule has 2 amide bonds. The Morgan fingerprint density at radius 2 is 1.80 bits per heavy atom. The van der Waals surface area contributed by atoms with E-state index in [1.54, 1.807) is 39.4 Å². The number of nitrogens with two attached hydrogens (primary N) is 1. The number of hydrogen-bond donors (Lipinski definition) is 3. The van der Waals surface area contributed by atoms with Crippen LogP contribution in [0.2, 0.25) is 0 Å². The lowest BCUT2D eigenvalue weighted by Crippen LogP contribution is -2.43. The van der Waals surface area contributed by atoms with Crippen molar-refractivity contribution in [1.82, 2.24) is 24.9 Å². The smallest absolute Gasteiger partial charge is 0.321 e.